The number of aromatic nitrogens is 1. The number of nitrogens with one attached hydrogen (secondary N) is 2. The van der Waals surface area contributed by atoms with Gasteiger partial charge in [0.25, 0.3) is 5.91 Å². The molecule has 4 N–H and O–H groups in total. The van der Waals surface area contributed by atoms with Crippen molar-refractivity contribution >= 4 is 23.3 Å². The van der Waals surface area contributed by atoms with E-state index in [2.05, 4.69) is 31.4 Å². The summed E-state index contributed by atoms with van der Waals surface area (Å²) >= 11 is 0. The van der Waals surface area contributed by atoms with Crippen molar-refractivity contribution < 1.29 is 14.4 Å². The molecule has 0 spiro atoms. The van der Waals surface area contributed by atoms with Gasteiger partial charge < -0.3 is 20.9 Å². The molecule has 1 aliphatic carbocycles. The third kappa shape index (κ3) is 4.34. The van der Waals surface area contributed by atoms with Gasteiger partial charge in [0, 0.05) is 55.3 Å². The first kappa shape index (κ1) is 20.6. The molecule has 2 aromatic rings. The number of carbonyl (C=O) groups excluding carboxylic acids is 3. The van der Waals surface area contributed by atoms with Crippen LogP contribution in [0.2, 0.25) is 0 Å². The lowest BCUT2D eigenvalue weighted by atomic mass is 9.75. The number of hydrogen-bond donors (Lipinski definition) is 3. The lowest BCUT2D eigenvalue weighted by molar-refractivity contribution is -0.116. The van der Waals surface area contributed by atoms with Crippen molar-refractivity contribution in [2.75, 3.05) is 18.4 Å². The minimum atomic E-state index is -0.540. The largest absolute Gasteiger partial charge is 0.383 e. The van der Waals surface area contributed by atoms with Crippen LogP contribution in [0.1, 0.15) is 52.2 Å². The summed E-state index contributed by atoms with van der Waals surface area (Å²) in [5.41, 5.74) is 9.94. The van der Waals surface area contributed by atoms with E-state index in [1.54, 1.807) is 6.07 Å². The Morgan fingerprint density at radius 3 is 2.62 bits per heavy atom. The summed E-state index contributed by atoms with van der Waals surface area (Å²) in [5.74, 6) is -0.733. The van der Waals surface area contributed by atoms with Crippen molar-refractivity contribution in [3.63, 3.8) is 0 Å². The molecule has 0 unspecified atom stereocenters. The summed E-state index contributed by atoms with van der Waals surface area (Å²) in [5, 5.41) is 5.75. The number of amides is 2. The molecule has 1 heterocycles. The maximum absolute atomic E-state index is 12.7. The molecular formula is C22H27N4O3. The van der Waals surface area contributed by atoms with Crippen LogP contribution in [0.25, 0.3) is 5.69 Å². The van der Waals surface area contributed by atoms with Gasteiger partial charge in [-0.2, -0.15) is 0 Å². The zero-order chi connectivity index (χ0) is 21.3. The molecule has 2 amide bonds. The molecule has 7 heteroatoms. The van der Waals surface area contributed by atoms with Crippen LogP contribution in [0, 0.1) is 19.3 Å². The fourth-order valence-corrected chi connectivity index (χ4v) is 3.95. The molecule has 3 rings (SSSR count). The highest BCUT2D eigenvalue weighted by Gasteiger charge is 2.34. The molecule has 1 aromatic heterocycles. The van der Waals surface area contributed by atoms with Crippen LogP contribution >= 0.6 is 0 Å². The lowest BCUT2D eigenvalue weighted by Crippen LogP contribution is -2.28. The van der Waals surface area contributed by atoms with Crippen LogP contribution in [0.15, 0.2) is 24.4 Å². The van der Waals surface area contributed by atoms with Gasteiger partial charge >= 0.3 is 0 Å². The van der Waals surface area contributed by atoms with E-state index in [0.29, 0.717) is 30.8 Å². The van der Waals surface area contributed by atoms with Crippen molar-refractivity contribution in [1.29, 1.82) is 0 Å². The molecule has 1 radical (unpaired) electrons. The first-order valence-corrected chi connectivity index (χ1v) is 9.61. The summed E-state index contributed by atoms with van der Waals surface area (Å²) in [6, 6.07) is 5.35. The topological polar surface area (TPSA) is 106 Å². The molecule has 0 saturated carbocycles. The molecule has 0 fully saturated rings. The molecule has 0 atom stereocenters. The van der Waals surface area contributed by atoms with Crippen molar-refractivity contribution in [3.8, 4) is 5.69 Å². The summed E-state index contributed by atoms with van der Waals surface area (Å²) in [6.07, 6.45) is 3.30. The third-order valence-electron chi connectivity index (χ3n) is 5.17. The Balaban J connectivity index is 1.99. The molecule has 0 bridgehead atoms. The van der Waals surface area contributed by atoms with Crippen LogP contribution in [0.3, 0.4) is 0 Å². The van der Waals surface area contributed by atoms with Gasteiger partial charge in [0.05, 0.1) is 5.56 Å². The zero-order valence-corrected chi connectivity index (χ0v) is 17.1. The number of fused-ring (bicyclic) bond motifs is 1. The van der Waals surface area contributed by atoms with Crippen molar-refractivity contribution in [1.82, 2.24) is 9.88 Å². The van der Waals surface area contributed by atoms with Gasteiger partial charge in [-0.15, -0.1) is 0 Å². The Kier molecular flexibility index (Phi) is 5.50. The van der Waals surface area contributed by atoms with E-state index in [9.17, 15) is 14.4 Å². The molecule has 29 heavy (non-hydrogen) atoms. The number of nitrogens with zero attached hydrogens (tertiary/aromatic N) is 1. The van der Waals surface area contributed by atoms with E-state index in [0.717, 1.165) is 28.9 Å². The second-order valence-corrected chi connectivity index (χ2v) is 8.32. The van der Waals surface area contributed by atoms with Gasteiger partial charge in [0.1, 0.15) is 0 Å². The van der Waals surface area contributed by atoms with Gasteiger partial charge in [-0.1, -0.05) is 13.8 Å². The van der Waals surface area contributed by atoms with Gasteiger partial charge in [-0.05, 0) is 42.5 Å². The average molecular weight is 395 g/mol. The van der Waals surface area contributed by atoms with Gasteiger partial charge in [0.2, 0.25) is 5.91 Å². The Morgan fingerprint density at radius 2 is 1.97 bits per heavy atom. The Labute approximate surface area is 170 Å². The van der Waals surface area contributed by atoms with Crippen LogP contribution in [-0.2, 0) is 11.2 Å². The summed E-state index contributed by atoms with van der Waals surface area (Å²) < 4.78 is 2.02. The van der Waals surface area contributed by atoms with Gasteiger partial charge in [0.15, 0.2) is 5.78 Å². The van der Waals surface area contributed by atoms with Crippen LogP contribution in [0.4, 0.5) is 5.69 Å². The molecule has 7 nitrogen and oxygen atoms in total. The number of rotatable bonds is 6. The molecular weight excluding hydrogens is 368 g/mol. The highest BCUT2D eigenvalue weighted by Crippen LogP contribution is 2.38. The molecule has 0 saturated heterocycles. The number of anilines is 1. The normalized spacial score (nSPS) is 15.0. The van der Waals surface area contributed by atoms with E-state index in [1.807, 2.05) is 29.8 Å². The molecule has 1 aliphatic rings. The van der Waals surface area contributed by atoms with Crippen molar-refractivity contribution in [2.24, 2.45) is 11.1 Å². The number of hydrogen-bond acceptors (Lipinski definition) is 4. The standard InChI is InChI=1S/C22H27N4O3/c1-13-12-26(18-10-22(3,4)11-19(28)20(13)18)15-5-6-16(21(23)29)17(9-15)25-8-7-24-14(2)27/h5-6,9,12,25H,2,7-8,10-11H2,1,3-4H3,(H2,23,29)(H,24,27). The minimum absolute atomic E-state index is 0.104. The fourth-order valence-electron chi connectivity index (χ4n) is 3.95. The number of aryl methyl sites for hydroxylation is 1. The first-order valence-electron chi connectivity index (χ1n) is 9.61. The third-order valence-corrected chi connectivity index (χ3v) is 5.17. The van der Waals surface area contributed by atoms with E-state index in [4.69, 9.17) is 5.73 Å². The van der Waals surface area contributed by atoms with Crippen LogP contribution in [0.5, 0.6) is 0 Å². The summed E-state index contributed by atoms with van der Waals surface area (Å²) in [4.78, 5) is 35.4. The monoisotopic (exact) mass is 395 g/mol. The minimum Gasteiger partial charge on any atom is -0.383 e. The van der Waals surface area contributed by atoms with E-state index < -0.39 is 5.91 Å². The molecule has 0 aliphatic heterocycles. The van der Waals surface area contributed by atoms with Gasteiger partial charge in [-0.25, -0.2) is 0 Å². The second-order valence-electron chi connectivity index (χ2n) is 8.32. The molecule has 1 aromatic carbocycles. The maximum atomic E-state index is 12.7. The maximum Gasteiger partial charge on any atom is 0.250 e. The lowest BCUT2D eigenvalue weighted by Gasteiger charge is -2.30. The summed E-state index contributed by atoms with van der Waals surface area (Å²) in [7, 11) is 0. The Hall–Kier alpha value is -3.09. The highest BCUT2D eigenvalue weighted by molar-refractivity contribution is 6.01. The molecule has 153 valence electrons. The SMILES string of the molecule is [CH2]C(=O)NCCNc1cc(-n2cc(C)c3c2CC(C)(C)CC3=O)ccc1C(N)=O. The van der Waals surface area contributed by atoms with Crippen LogP contribution in [-0.4, -0.2) is 35.3 Å². The summed E-state index contributed by atoms with van der Waals surface area (Å²) in [6.45, 7) is 10.2. The second kappa shape index (κ2) is 7.73. The van der Waals surface area contributed by atoms with Crippen molar-refractivity contribution in [2.45, 2.75) is 33.6 Å². The van der Waals surface area contributed by atoms with Crippen molar-refractivity contribution in [3.05, 3.63) is 53.7 Å². The number of Topliss-reactive ketones (excluding diaryl/α,β-unsaturated/α-hetero) is 1. The highest BCUT2D eigenvalue weighted by atomic mass is 16.1. The predicted octanol–water partition coefficient (Wildman–Crippen LogP) is 2.40. The Bertz CT molecular complexity index is 988. The number of nitrogens with two attached hydrogens (primary N) is 1. The van der Waals surface area contributed by atoms with E-state index in [1.165, 1.54) is 0 Å². The van der Waals surface area contributed by atoms with Crippen LogP contribution < -0.4 is 16.4 Å². The number of ketones is 1. The fraction of sp³-hybridized carbons (Fsp3) is 0.364. The van der Waals surface area contributed by atoms with Gasteiger partial charge in [-0.3, -0.25) is 14.4 Å². The smallest absolute Gasteiger partial charge is 0.250 e. The first-order chi connectivity index (χ1) is 13.6. The zero-order valence-electron chi connectivity index (χ0n) is 17.1. The van der Waals surface area contributed by atoms with E-state index >= 15 is 0 Å². The average Bonchev–Trinajstić information content (AvgIpc) is 2.93. The number of primary amides is 1. The van der Waals surface area contributed by atoms with E-state index in [-0.39, 0.29) is 17.1 Å². The Morgan fingerprint density at radius 1 is 1.24 bits per heavy atom. The predicted molar refractivity (Wildman–Crippen MR) is 112 cm³/mol. The number of benzene rings is 1. The number of carbonyl (C=O) groups is 3. The quantitative estimate of drug-likeness (QED) is 0.653.